The number of benzene rings is 2. The van der Waals surface area contributed by atoms with E-state index in [1.807, 2.05) is 18.8 Å². The number of halogens is 1. The van der Waals surface area contributed by atoms with Crippen molar-refractivity contribution in [2.75, 3.05) is 19.4 Å². The first-order valence-electron chi connectivity index (χ1n) is 7.08. The van der Waals surface area contributed by atoms with E-state index in [-0.39, 0.29) is 0 Å². The second-order valence-electron chi connectivity index (χ2n) is 5.04. The summed E-state index contributed by atoms with van der Waals surface area (Å²) in [5.74, 6) is 2.08. The lowest BCUT2D eigenvalue weighted by Gasteiger charge is -2.19. The Morgan fingerprint density at radius 2 is 2.05 bits per heavy atom. The summed E-state index contributed by atoms with van der Waals surface area (Å²) in [4.78, 5) is 1.28. The molecule has 1 heterocycles. The van der Waals surface area contributed by atoms with Crippen LogP contribution in [0.15, 0.2) is 51.8 Å². The molecule has 1 aliphatic rings. The van der Waals surface area contributed by atoms with Crippen LogP contribution in [-0.2, 0) is 6.42 Å². The molecular formula is C17H18BrNOS. The zero-order valence-corrected chi connectivity index (χ0v) is 14.3. The minimum Gasteiger partial charge on any atom is -0.493 e. The fourth-order valence-electron chi connectivity index (χ4n) is 2.55. The number of ether oxygens (including phenoxy) is 1. The highest BCUT2D eigenvalue weighted by atomic mass is 79.9. The SMILES string of the molecule is CNC(CSc1ccc(Br)cc1)c1cccc2c1OCC2. The number of nitrogens with one attached hydrogen (secondary N) is 1. The minimum absolute atomic E-state index is 0.298. The van der Waals surface area contributed by atoms with Crippen LogP contribution in [0.2, 0.25) is 0 Å². The van der Waals surface area contributed by atoms with E-state index < -0.39 is 0 Å². The van der Waals surface area contributed by atoms with Gasteiger partial charge >= 0.3 is 0 Å². The van der Waals surface area contributed by atoms with Crippen molar-refractivity contribution in [2.45, 2.75) is 17.4 Å². The molecule has 0 radical (unpaired) electrons. The first-order valence-corrected chi connectivity index (χ1v) is 8.86. The van der Waals surface area contributed by atoms with E-state index in [1.165, 1.54) is 16.0 Å². The van der Waals surface area contributed by atoms with Crippen LogP contribution in [0.5, 0.6) is 5.75 Å². The van der Waals surface area contributed by atoms with Gasteiger partial charge in [-0.15, -0.1) is 11.8 Å². The van der Waals surface area contributed by atoms with Gasteiger partial charge in [0.05, 0.1) is 6.61 Å². The number of fused-ring (bicyclic) bond motifs is 1. The average Bonchev–Trinajstić information content (AvgIpc) is 2.99. The zero-order chi connectivity index (χ0) is 14.7. The van der Waals surface area contributed by atoms with E-state index in [4.69, 9.17) is 4.74 Å². The minimum atomic E-state index is 0.298. The second-order valence-corrected chi connectivity index (χ2v) is 7.05. The van der Waals surface area contributed by atoms with Gasteiger partial charge in [-0.1, -0.05) is 34.1 Å². The highest BCUT2D eigenvalue weighted by Crippen LogP contribution is 2.35. The number of rotatable bonds is 5. The van der Waals surface area contributed by atoms with Crippen molar-refractivity contribution in [1.29, 1.82) is 0 Å². The molecule has 1 unspecified atom stereocenters. The van der Waals surface area contributed by atoms with Gasteiger partial charge in [0.1, 0.15) is 5.75 Å². The summed E-state index contributed by atoms with van der Waals surface area (Å²) in [7, 11) is 2.02. The van der Waals surface area contributed by atoms with Crippen LogP contribution in [0.1, 0.15) is 17.2 Å². The van der Waals surface area contributed by atoms with Gasteiger partial charge in [-0.25, -0.2) is 0 Å². The summed E-state index contributed by atoms with van der Waals surface area (Å²) < 4.78 is 6.94. The van der Waals surface area contributed by atoms with Crippen LogP contribution in [0, 0.1) is 0 Å². The van der Waals surface area contributed by atoms with E-state index >= 15 is 0 Å². The van der Waals surface area contributed by atoms with Gasteiger partial charge in [0.2, 0.25) is 0 Å². The third-order valence-corrected chi connectivity index (χ3v) is 5.33. The molecule has 1 atom stereocenters. The molecule has 110 valence electrons. The van der Waals surface area contributed by atoms with Crippen molar-refractivity contribution in [3.05, 3.63) is 58.1 Å². The van der Waals surface area contributed by atoms with Crippen molar-refractivity contribution >= 4 is 27.7 Å². The van der Waals surface area contributed by atoms with Crippen molar-refractivity contribution < 1.29 is 4.74 Å². The Hall–Kier alpha value is -0.970. The van der Waals surface area contributed by atoms with Gasteiger partial charge in [0, 0.05) is 33.1 Å². The maximum Gasteiger partial charge on any atom is 0.127 e. The number of thioether (sulfide) groups is 1. The Balaban J connectivity index is 1.74. The maximum absolute atomic E-state index is 5.82. The predicted octanol–water partition coefficient (Wildman–Crippen LogP) is 4.44. The Morgan fingerprint density at radius 3 is 2.81 bits per heavy atom. The molecule has 3 rings (SSSR count). The Labute approximate surface area is 138 Å². The Morgan fingerprint density at radius 1 is 1.24 bits per heavy atom. The van der Waals surface area contributed by atoms with Crippen molar-refractivity contribution in [1.82, 2.24) is 5.32 Å². The van der Waals surface area contributed by atoms with E-state index in [9.17, 15) is 0 Å². The molecule has 0 saturated heterocycles. The van der Waals surface area contributed by atoms with Crippen molar-refractivity contribution in [3.63, 3.8) is 0 Å². The largest absolute Gasteiger partial charge is 0.493 e. The van der Waals surface area contributed by atoms with E-state index in [1.54, 1.807) is 0 Å². The molecule has 1 N–H and O–H groups in total. The lowest BCUT2D eigenvalue weighted by molar-refractivity contribution is 0.350. The molecule has 2 nitrogen and oxygen atoms in total. The van der Waals surface area contributed by atoms with Crippen molar-refractivity contribution in [2.24, 2.45) is 0 Å². The normalized spacial score (nSPS) is 14.6. The summed E-state index contributed by atoms with van der Waals surface area (Å²) in [6, 6.07) is 15.2. The summed E-state index contributed by atoms with van der Waals surface area (Å²) in [6.45, 7) is 0.808. The fraction of sp³-hybridized carbons (Fsp3) is 0.294. The zero-order valence-electron chi connectivity index (χ0n) is 11.9. The number of hydrogen-bond acceptors (Lipinski definition) is 3. The average molecular weight is 364 g/mol. The van der Waals surface area contributed by atoms with Gasteiger partial charge in [0.25, 0.3) is 0 Å². The van der Waals surface area contributed by atoms with Crippen LogP contribution in [0.25, 0.3) is 0 Å². The van der Waals surface area contributed by atoms with Crippen LogP contribution >= 0.6 is 27.7 Å². The molecule has 0 spiro atoms. The lowest BCUT2D eigenvalue weighted by atomic mass is 10.0. The predicted molar refractivity (Wildman–Crippen MR) is 92.3 cm³/mol. The molecule has 0 bridgehead atoms. The summed E-state index contributed by atoms with van der Waals surface area (Å²) in [5.41, 5.74) is 2.61. The van der Waals surface area contributed by atoms with Gasteiger partial charge in [-0.2, -0.15) is 0 Å². The fourth-order valence-corrected chi connectivity index (χ4v) is 3.85. The van der Waals surface area contributed by atoms with E-state index in [0.29, 0.717) is 6.04 Å². The monoisotopic (exact) mass is 363 g/mol. The van der Waals surface area contributed by atoms with Gasteiger partial charge < -0.3 is 10.1 Å². The highest BCUT2D eigenvalue weighted by molar-refractivity contribution is 9.10. The quantitative estimate of drug-likeness (QED) is 0.793. The van der Waals surface area contributed by atoms with Crippen LogP contribution in [0.3, 0.4) is 0 Å². The standard InChI is InChI=1S/C17H18BrNOS/c1-19-16(11-21-14-7-5-13(18)6-8-14)15-4-2-3-12-9-10-20-17(12)15/h2-8,16,19H,9-11H2,1H3. The van der Waals surface area contributed by atoms with Crippen LogP contribution in [-0.4, -0.2) is 19.4 Å². The number of para-hydroxylation sites is 1. The first kappa shape index (κ1) is 14.9. The first-order chi connectivity index (χ1) is 10.3. The smallest absolute Gasteiger partial charge is 0.127 e. The molecule has 0 aliphatic carbocycles. The molecular weight excluding hydrogens is 346 g/mol. The second kappa shape index (κ2) is 6.86. The maximum atomic E-state index is 5.82. The van der Waals surface area contributed by atoms with Gasteiger partial charge in [-0.05, 0) is 36.9 Å². The third-order valence-electron chi connectivity index (χ3n) is 3.70. The molecule has 21 heavy (non-hydrogen) atoms. The summed E-state index contributed by atoms with van der Waals surface area (Å²) >= 11 is 5.33. The third kappa shape index (κ3) is 3.44. The molecule has 1 aliphatic heterocycles. The van der Waals surface area contributed by atoms with Crippen molar-refractivity contribution in [3.8, 4) is 5.75 Å². The molecule has 0 amide bonds. The van der Waals surface area contributed by atoms with Crippen LogP contribution < -0.4 is 10.1 Å². The molecule has 4 heteroatoms. The molecule has 0 fully saturated rings. The highest BCUT2D eigenvalue weighted by Gasteiger charge is 2.21. The van der Waals surface area contributed by atoms with Gasteiger partial charge in [0.15, 0.2) is 0 Å². The summed E-state index contributed by atoms with van der Waals surface area (Å²) in [6.07, 6.45) is 1.03. The molecule has 0 saturated carbocycles. The Bertz CT molecular complexity index is 615. The molecule has 0 aromatic heterocycles. The van der Waals surface area contributed by atoms with Crippen LogP contribution in [0.4, 0.5) is 0 Å². The van der Waals surface area contributed by atoms with E-state index in [0.717, 1.165) is 29.0 Å². The molecule has 2 aromatic rings. The van der Waals surface area contributed by atoms with Gasteiger partial charge in [-0.3, -0.25) is 0 Å². The topological polar surface area (TPSA) is 21.3 Å². The lowest BCUT2D eigenvalue weighted by Crippen LogP contribution is -2.19. The Kier molecular flexibility index (Phi) is 4.88. The van der Waals surface area contributed by atoms with E-state index in [2.05, 4.69) is 63.7 Å². The summed E-state index contributed by atoms with van der Waals surface area (Å²) in [5, 5.41) is 3.42. The molecule has 2 aromatic carbocycles. The number of hydrogen-bond donors (Lipinski definition) is 1.